The van der Waals surface area contributed by atoms with E-state index in [0.717, 1.165) is 0 Å². The van der Waals surface area contributed by atoms with Gasteiger partial charge in [0.15, 0.2) is 5.65 Å². The topological polar surface area (TPSA) is 72.9 Å². The Hall–Kier alpha value is -1.85. The molecular weight excluding hydrogens is 196 g/mol. The van der Waals surface area contributed by atoms with E-state index in [1.165, 1.54) is 0 Å². The summed E-state index contributed by atoms with van der Waals surface area (Å²) in [4.78, 5) is 15.2. The summed E-state index contributed by atoms with van der Waals surface area (Å²) in [5, 5.41) is 0. The highest BCUT2D eigenvalue weighted by molar-refractivity contribution is 5.75. The molecule has 6 nitrogen and oxygen atoms in total. The molecule has 2 aromatic rings. The number of aromatic nitrogens is 4. The average molecular weight is 208 g/mol. The molecule has 0 amide bonds. The predicted octanol–water partition coefficient (Wildman–Crippen LogP) is 1.15. The predicted molar refractivity (Wildman–Crippen MR) is 54.0 cm³/mol. The number of nitrogens with one attached hydrogen (secondary N) is 1. The molecule has 0 spiro atoms. The maximum atomic E-state index is 5.36. The molecule has 0 aromatic carbocycles. The zero-order chi connectivity index (χ0) is 10.7. The number of imidazole rings is 1. The van der Waals surface area contributed by atoms with Crippen LogP contribution in [0.15, 0.2) is 6.33 Å². The fourth-order valence-corrected chi connectivity index (χ4v) is 1.22. The monoisotopic (exact) mass is 208 g/mol. The van der Waals surface area contributed by atoms with E-state index in [2.05, 4.69) is 19.9 Å². The highest BCUT2D eigenvalue weighted by Crippen LogP contribution is 2.21. The van der Waals surface area contributed by atoms with Gasteiger partial charge in [-0.25, -0.2) is 4.98 Å². The van der Waals surface area contributed by atoms with E-state index in [0.29, 0.717) is 36.3 Å². The second-order valence-electron chi connectivity index (χ2n) is 2.78. The Morgan fingerprint density at radius 3 is 2.73 bits per heavy atom. The smallest absolute Gasteiger partial charge is 0.321 e. The maximum Gasteiger partial charge on any atom is 0.321 e. The number of fused-ring (bicyclic) bond motifs is 1. The summed E-state index contributed by atoms with van der Waals surface area (Å²) in [5.74, 6) is 0.475. The SMILES string of the molecule is CCOc1nc(OCC)c2[nH]cnc2n1. The minimum Gasteiger partial charge on any atom is -0.476 e. The molecule has 6 heteroatoms. The van der Waals surface area contributed by atoms with Crippen LogP contribution in [0.1, 0.15) is 13.8 Å². The first-order valence-corrected chi connectivity index (χ1v) is 4.81. The first-order chi connectivity index (χ1) is 7.35. The Balaban J connectivity index is 2.48. The van der Waals surface area contributed by atoms with Gasteiger partial charge in [-0.3, -0.25) is 0 Å². The molecule has 0 aliphatic rings. The van der Waals surface area contributed by atoms with Gasteiger partial charge in [0.25, 0.3) is 0 Å². The number of hydrogen-bond donors (Lipinski definition) is 1. The molecule has 0 radical (unpaired) electrons. The Labute approximate surface area is 86.7 Å². The summed E-state index contributed by atoms with van der Waals surface area (Å²) in [7, 11) is 0. The Morgan fingerprint density at radius 2 is 2.00 bits per heavy atom. The molecule has 0 aliphatic carbocycles. The van der Waals surface area contributed by atoms with Gasteiger partial charge in [0.2, 0.25) is 5.88 Å². The summed E-state index contributed by atoms with van der Waals surface area (Å²) in [6.07, 6.45) is 1.55. The lowest BCUT2D eigenvalue weighted by molar-refractivity contribution is 0.292. The van der Waals surface area contributed by atoms with Crippen molar-refractivity contribution >= 4 is 11.2 Å². The Kier molecular flexibility index (Phi) is 2.66. The van der Waals surface area contributed by atoms with E-state index in [9.17, 15) is 0 Å². The lowest BCUT2D eigenvalue weighted by Crippen LogP contribution is -2.02. The summed E-state index contributed by atoms with van der Waals surface area (Å²) in [6, 6.07) is 0.292. The molecule has 1 N–H and O–H groups in total. The standard InChI is InChI=1S/C9H12N4O2/c1-3-14-8-6-7(11-5-10-6)12-9(13-8)15-4-2/h5H,3-4H2,1-2H3,(H,10,11,12,13). The number of ether oxygens (including phenoxy) is 2. The van der Waals surface area contributed by atoms with Crippen molar-refractivity contribution < 1.29 is 9.47 Å². The van der Waals surface area contributed by atoms with Crippen LogP contribution in [-0.4, -0.2) is 33.1 Å². The first-order valence-electron chi connectivity index (χ1n) is 4.81. The molecule has 0 bridgehead atoms. The zero-order valence-electron chi connectivity index (χ0n) is 8.65. The van der Waals surface area contributed by atoms with Gasteiger partial charge in [-0.2, -0.15) is 9.97 Å². The minimum absolute atomic E-state index is 0.292. The molecule has 15 heavy (non-hydrogen) atoms. The third-order valence-electron chi connectivity index (χ3n) is 1.79. The lowest BCUT2D eigenvalue weighted by Gasteiger charge is -2.05. The van der Waals surface area contributed by atoms with E-state index >= 15 is 0 Å². The number of H-pyrrole nitrogens is 1. The van der Waals surface area contributed by atoms with Crippen molar-refractivity contribution in [2.24, 2.45) is 0 Å². The van der Waals surface area contributed by atoms with Crippen LogP contribution in [0.2, 0.25) is 0 Å². The van der Waals surface area contributed by atoms with Gasteiger partial charge >= 0.3 is 6.01 Å². The first kappa shape index (κ1) is 9.70. The molecule has 0 fully saturated rings. The fourth-order valence-electron chi connectivity index (χ4n) is 1.22. The largest absolute Gasteiger partial charge is 0.476 e. The average Bonchev–Trinajstić information content (AvgIpc) is 2.67. The van der Waals surface area contributed by atoms with Crippen molar-refractivity contribution in [2.75, 3.05) is 13.2 Å². The normalized spacial score (nSPS) is 10.5. The number of nitrogens with zero attached hydrogens (tertiary/aromatic N) is 3. The van der Waals surface area contributed by atoms with Gasteiger partial charge in [0.1, 0.15) is 5.52 Å². The minimum atomic E-state index is 0.292. The summed E-state index contributed by atoms with van der Waals surface area (Å²) in [6.45, 7) is 4.82. The molecule has 80 valence electrons. The molecule has 0 atom stereocenters. The van der Waals surface area contributed by atoms with Crippen LogP contribution in [0.25, 0.3) is 11.2 Å². The maximum absolute atomic E-state index is 5.36. The van der Waals surface area contributed by atoms with E-state index in [1.54, 1.807) is 6.33 Å². The third kappa shape index (κ3) is 1.83. The van der Waals surface area contributed by atoms with Crippen molar-refractivity contribution in [3.63, 3.8) is 0 Å². The Morgan fingerprint density at radius 1 is 1.20 bits per heavy atom. The van der Waals surface area contributed by atoms with Crippen LogP contribution in [-0.2, 0) is 0 Å². The number of hydrogen-bond acceptors (Lipinski definition) is 5. The highest BCUT2D eigenvalue weighted by atomic mass is 16.5. The van der Waals surface area contributed by atoms with E-state index in [-0.39, 0.29) is 0 Å². The van der Waals surface area contributed by atoms with Gasteiger partial charge in [0.05, 0.1) is 19.5 Å². The van der Waals surface area contributed by atoms with Crippen molar-refractivity contribution in [1.29, 1.82) is 0 Å². The van der Waals surface area contributed by atoms with Crippen LogP contribution in [0.4, 0.5) is 0 Å². The highest BCUT2D eigenvalue weighted by Gasteiger charge is 2.10. The van der Waals surface area contributed by atoms with Crippen LogP contribution < -0.4 is 9.47 Å². The molecule has 2 heterocycles. The molecule has 0 saturated carbocycles. The van der Waals surface area contributed by atoms with Gasteiger partial charge in [-0.1, -0.05) is 0 Å². The summed E-state index contributed by atoms with van der Waals surface area (Å²) < 4.78 is 10.6. The number of aromatic amines is 1. The van der Waals surface area contributed by atoms with Gasteiger partial charge in [-0.15, -0.1) is 0 Å². The molecule has 0 aliphatic heterocycles. The van der Waals surface area contributed by atoms with Crippen LogP contribution in [0, 0.1) is 0 Å². The molecule has 0 unspecified atom stereocenters. The lowest BCUT2D eigenvalue weighted by atomic mass is 10.5. The summed E-state index contributed by atoms with van der Waals surface area (Å²) >= 11 is 0. The van der Waals surface area contributed by atoms with Crippen LogP contribution >= 0.6 is 0 Å². The molecule has 2 rings (SSSR count). The van der Waals surface area contributed by atoms with Gasteiger partial charge in [-0.05, 0) is 13.8 Å². The van der Waals surface area contributed by atoms with Crippen molar-refractivity contribution in [2.45, 2.75) is 13.8 Å². The fraction of sp³-hybridized carbons (Fsp3) is 0.444. The van der Waals surface area contributed by atoms with Gasteiger partial charge < -0.3 is 14.5 Å². The molecule has 0 saturated heterocycles. The van der Waals surface area contributed by atoms with E-state index in [1.807, 2.05) is 13.8 Å². The van der Waals surface area contributed by atoms with Gasteiger partial charge in [0, 0.05) is 0 Å². The van der Waals surface area contributed by atoms with Crippen molar-refractivity contribution in [3.05, 3.63) is 6.33 Å². The van der Waals surface area contributed by atoms with Crippen LogP contribution in [0.3, 0.4) is 0 Å². The third-order valence-corrected chi connectivity index (χ3v) is 1.79. The quantitative estimate of drug-likeness (QED) is 0.815. The van der Waals surface area contributed by atoms with Crippen LogP contribution in [0.5, 0.6) is 11.9 Å². The second-order valence-corrected chi connectivity index (χ2v) is 2.78. The molecular formula is C9H12N4O2. The molecule has 2 aromatic heterocycles. The van der Waals surface area contributed by atoms with Crippen molar-refractivity contribution in [3.8, 4) is 11.9 Å². The van der Waals surface area contributed by atoms with E-state index in [4.69, 9.17) is 9.47 Å². The number of rotatable bonds is 4. The zero-order valence-corrected chi connectivity index (χ0v) is 8.65. The second kappa shape index (κ2) is 4.12. The summed E-state index contributed by atoms with van der Waals surface area (Å²) in [5.41, 5.74) is 1.25. The van der Waals surface area contributed by atoms with E-state index < -0.39 is 0 Å². The van der Waals surface area contributed by atoms with Crippen molar-refractivity contribution in [1.82, 2.24) is 19.9 Å². The Bertz CT molecular complexity index is 454.